The van der Waals surface area contributed by atoms with Crippen molar-refractivity contribution in [2.45, 2.75) is 51.7 Å². The third-order valence-corrected chi connectivity index (χ3v) is 5.64. The molecule has 1 saturated carbocycles. The summed E-state index contributed by atoms with van der Waals surface area (Å²) in [6, 6.07) is 8.11. The molecule has 2 aromatic rings. The van der Waals surface area contributed by atoms with Gasteiger partial charge in [-0.25, -0.2) is 4.79 Å². The van der Waals surface area contributed by atoms with Crippen molar-refractivity contribution in [3.8, 4) is 0 Å². The maximum Gasteiger partial charge on any atom is 0.349 e. The molecule has 1 aromatic heterocycles. The van der Waals surface area contributed by atoms with Gasteiger partial charge in [-0.05, 0) is 43.7 Å². The molecule has 1 aromatic carbocycles. The second-order valence-corrected chi connectivity index (χ2v) is 7.14. The average molecular weight is 331 g/mol. The first-order chi connectivity index (χ1) is 11.1. The predicted molar refractivity (Wildman–Crippen MR) is 91.8 cm³/mol. The van der Waals surface area contributed by atoms with E-state index in [-0.39, 0.29) is 11.9 Å². The van der Waals surface area contributed by atoms with E-state index < -0.39 is 12.1 Å². The number of ether oxygens (including phenoxy) is 1. The van der Waals surface area contributed by atoms with Gasteiger partial charge in [-0.2, -0.15) is 0 Å². The van der Waals surface area contributed by atoms with E-state index in [0.29, 0.717) is 4.88 Å². The zero-order chi connectivity index (χ0) is 16.4. The molecule has 5 heteroatoms. The lowest BCUT2D eigenvalue weighted by Gasteiger charge is -2.17. The fourth-order valence-electron chi connectivity index (χ4n) is 3.03. The van der Waals surface area contributed by atoms with Gasteiger partial charge in [0.2, 0.25) is 0 Å². The molecule has 1 N–H and O–H groups in total. The molecule has 122 valence electrons. The van der Waals surface area contributed by atoms with Gasteiger partial charge in [0, 0.05) is 10.7 Å². The highest BCUT2D eigenvalue weighted by atomic mass is 32.1. The minimum Gasteiger partial charge on any atom is -0.448 e. The number of carbonyl (C=O) groups is 2. The fraction of sp³-hybridized carbons (Fsp3) is 0.444. The molecule has 1 amide bonds. The summed E-state index contributed by atoms with van der Waals surface area (Å²) >= 11 is 1.41. The van der Waals surface area contributed by atoms with E-state index >= 15 is 0 Å². The molecule has 3 rings (SSSR count). The quantitative estimate of drug-likeness (QED) is 0.867. The van der Waals surface area contributed by atoms with Gasteiger partial charge >= 0.3 is 5.97 Å². The van der Waals surface area contributed by atoms with Crippen molar-refractivity contribution in [1.29, 1.82) is 0 Å². The third-order valence-electron chi connectivity index (χ3n) is 4.38. The van der Waals surface area contributed by atoms with Gasteiger partial charge in [-0.15, -0.1) is 11.3 Å². The lowest BCUT2D eigenvalue weighted by atomic mass is 10.1. The summed E-state index contributed by atoms with van der Waals surface area (Å²) in [4.78, 5) is 25.1. The normalized spacial score (nSPS) is 16.4. The van der Waals surface area contributed by atoms with E-state index in [1.54, 1.807) is 6.92 Å². The summed E-state index contributed by atoms with van der Waals surface area (Å²) in [5.74, 6) is -0.623. The minimum atomic E-state index is -0.771. The topological polar surface area (TPSA) is 55.4 Å². The molecule has 1 atom stereocenters. The Labute approximate surface area is 139 Å². The number of thiophene rings is 1. The Balaban J connectivity index is 1.67. The second kappa shape index (κ2) is 6.71. The molecule has 4 nitrogen and oxygen atoms in total. The summed E-state index contributed by atoms with van der Waals surface area (Å²) < 4.78 is 6.43. The Kier molecular flexibility index (Phi) is 4.66. The van der Waals surface area contributed by atoms with Crippen molar-refractivity contribution in [1.82, 2.24) is 5.32 Å². The van der Waals surface area contributed by atoms with Crippen LogP contribution in [-0.4, -0.2) is 24.0 Å². The molecule has 1 aliphatic rings. The van der Waals surface area contributed by atoms with Gasteiger partial charge in [0.05, 0.1) is 0 Å². The van der Waals surface area contributed by atoms with Crippen molar-refractivity contribution < 1.29 is 14.3 Å². The van der Waals surface area contributed by atoms with Crippen LogP contribution in [-0.2, 0) is 9.53 Å². The molecule has 1 heterocycles. The number of hydrogen-bond donors (Lipinski definition) is 1. The fourth-order valence-corrected chi connectivity index (χ4v) is 4.12. The summed E-state index contributed by atoms with van der Waals surface area (Å²) in [5.41, 5.74) is 0.916. The van der Waals surface area contributed by atoms with Crippen LogP contribution in [0.2, 0.25) is 0 Å². The number of carbonyl (C=O) groups excluding carboxylic acids is 2. The Morgan fingerprint density at radius 1 is 1.26 bits per heavy atom. The number of esters is 1. The Bertz CT molecular complexity index is 731. The smallest absolute Gasteiger partial charge is 0.349 e. The Morgan fingerprint density at radius 3 is 2.65 bits per heavy atom. The van der Waals surface area contributed by atoms with Crippen LogP contribution < -0.4 is 5.32 Å². The number of aryl methyl sites for hydroxylation is 1. The molecular formula is C18H21NO3S. The zero-order valence-electron chi connectivity index (χ0n) is 13.4. The van der Waals surface area contributed by atoms with Crippen LogP contribution in [0.25, 0.3) is 10.1 Å². The van der Waals surface area contributed by atoms with Crippen LogP contribution in [0.5, 0.6) is 0 Å². The molecule has 0 radical (unpaired) electrons. The van der Waals surface area contributed by atoms with E-state index in [9.17, 15) is 9.59 Å². The van der Waals surface area contributed by atoms with Gasteiger partial charge in [0.25, 0.3) is 5.91 Å². The molecule has 1 aliphatic carbocycles. The number of nitrogens with one attached hydrogen (secondary N) is 1. The van der Waals surface area contributed by atoms with E-state index in [0.717, 1.165) is 41.3 Å². The SMILES string of the molecule is Cc1c(C(=O)O[C@@H](C)C(=O)NC2CCCC2)sc2ccccc12. The van der Waals surface area contributed by atoms with Crippen LogP contribution in [0.4, 0.5) is 0 Å². The number of fused-ring (bicyclic) bond motifs is 1. The van der Waals surface area contributed by atoms with E-state index in [2.05, 4.69) is 5.32 Å². The molecule has 0 spiro atoms. The first kappa shape index (κ1) is 16.0. The summed E-state index contributed by atoms with van der Waals surface area (Å²) in [6.07, 6.45) is 3.57. The number of rotatable bonds is 4. The van der Waals surface area contributed by atoms with Gasteiger partial charge in [-0.1, -0.05) is 31.0 Å². The van der Waals surface area contributed by atoms with Crippen molar-refractivity contribution in [3.05, 3.63) is 34.7 Å². The molecule has 0 saturated heterocycles. The lowest BCUT2D eigenvalue weighted by molar-refractivity contribution is -0.129. The standard InChI is InChI=1S/C18H21NO3S/c1-11-14-9-5-6-10-15(14)23-16(11)18(21)22-12(2)17(20)19-13-7-3-4-8-13/h5-6,9-10,12-13H,3-4,7-8H2,1-2H3,(H,19,20)/t12-/m0/s1. The highest BCUT2D eigenvalue weighted by molar-refractivity contribution is 7.21. The van der Waals surface area contributed by atoms with Crippen molar-refractivity contribution in [2.75, 3.05) is 0 Å². The molecule has 0 aliphatic heterocycles. The van der Waals surface area contributed by atoms with Crippen molar-refractivity contribution >= 4 is 33.3 Å². The first-order valence-corrected chi connectivity index (χ1v) is 8.87. The van der Waals surface area contributed by atoms with E-state index in [1.807, 2.05) is 31.2 Å². The van der Waals surface area contributed by atoms with Gasteiger partial charge in [0.15, 0.2) is 6.10 Å². The summed E-state index contributed by atoms with van der Waals surface area (Å²) in [6.45, 7) is 3.55. The second-order valence-electron chi connectivity index (χ2n) is 6.09. The monoisotopic (exact) mass is 331 g/mol. The summed E-state index contributed by atoms with van der Waals surface area (Å²) in [7, 11) is 0. The minimum absolute atomic E-state index is 0.205. The number of amides is 1. The molecule has 0 bridgehead atoms. The van der Waals surface area contributed by atoms with Crippen molar-refractivity contribution in [3.63, 3.8) is 0 Å². The Hall–Kier alpha value is -1.88. The third kappa shape index (κ3) is 3.39. The van der Waals surface area contributed by atoms with Crippen LogP contribution in [0.3, 0.4) is 0 Å². The maximum absolute atomic E-state index is 12.4. The number of hydrogen-bond acceptors (Lipinski definition) is 4. The van der Waals surface area contributed by atoms with E-state index in [4.69, 9.17) is 4.74 Å². The van der Waals surface area contributed by atoms with Crippen LogP contribution in [0.1, 0.15) is 47.8 Å². The molecular weight excluding hydrogens is 310 g/mol. The van der Waals surface area contributed by atoms with Crippen LogP contribution in [0.15, 0.2) is 24.3 Å². The van der Waals surface area contributed by atoms with Crippen LogP contribution in [0, 0.1) is 6.92 Å². The maximum atomic E-state index is 12.4. The van der Waals surface area contributed by atoms with Gasteiger partial charge < -0.3 is 10.1 Å². The molecule has 0 unspecified atom stereocenters. The molecule has 1 fully saturated rings. The van der Waals surface area contributed by atoms with Gasteiger partial charge in [-0.3, -0.25) is 4.79 Å². The largest absolute Gasteiger partial charge is 0.448 e. The highest BCUT2D eigenvalue weighted by Gasteiger charge is 2.25. The highest BCUT2D eigenvalue weighted by Crippen LogP contribution is 2.31. The van der Waals surface area contributed by atoms with Crippen molar-refractivity contribution in [2.24, 2.45) is 0 Å². The van der Waals surface area contributed by atoms with Crippen LogP contribution >= 0.6 is 11.3 Å². The van der Waals surface area contributed by atoms with Gasteiger partial charge in [0.1, 0.15) is 4.88 Å². The van der Waals surface area contributed by atoms with E-state index in [1.165, 1.54) is 11.3 Å². The average Bonchev–Trinajstić information content (AvgIpc) is 3.16. The first-order valence-electron chi connectivity index (χ1n) is 8.05. The number of benzene rings is 1. The zero-order valence-corrected chi connectivity index (χ0v) is 14.2. The Morgan fingerprint density at radius 2 is 1.96 bits per heavy atom. The lowest BCUT2D eigenvalue weighted by Crippen LogP contribution is -2.40. The predicted octanol–water partition coefficient (Wildman–Crippen LogP) is 3.81. The molecule has 23 heavy (non-hydrogen) atoms. The summed E-state index contributed by atoms with van der Waals surface area (Å²) in [5, 5.41) is 4.03.